The summed E-state index contributed by atoms with van der Waals surface area (Å²) in [5.74, 6) is 0.720. The van der Waals surface area contributed by atoms with Gasteiger partial charge in [0.25, 0.3) is 0 Å². The van der Waals surface area contributed by atoms with E-state index in [0.29, 0.717) is 18.2 Å². The summed E-state index contributed by atoms with van der Waals surface area (Å²) >= 11 is 0. The number of aryl methyl sites for hydroxylation is 1. The van der Waals surface area contributed by atoms with Gasteiger partial charge in [0.2, 0.25) is 11.8 Å². The first-order valence-electron chi connectivity index (χ1n) is 7.21. The lowest BCUT2D eigenvalue weighted by atomic mass is 10.1. The van der Waals surface area contributed by atoms with Gasteiger partial charge in [0.15, 0.2) is 0 Å². The van der Waals surface area contributed by atoms with Crippen LogP contribution in [0.2, 0.25) is 0 Å². The molecule has 116 valence electrons. The van der Waals surface area contributed by atoms with Gasteiger partial charge in [-0.2, -0.15) is 4.98 Å². The Morgan fingerprint density at radius 2 is 2.19 bits per heavy atom. The summed E-state index contributed by atoms with van der Waals surface area (Å²) in [6.45, 7) is 4.23. The van der Waals surface area contributed by atoms with Crippen LogP contribution in [0.25, 0.3) is 0 Å². The number of nitro groups is 1. The Morgan fingerprint density at radius 3 is 2.81 bits per heavy atom. The highest BCUT2D eigenvalue weighted by Gasteiger charge is 2.30. The van der Waals surface area contributed by atoms with Crippen LogP contribution < -0.4 is 10.6 Å². The minimum absolute atomic E-state index is 0.0116. The van der Waals surface area contributed by atoms with E-state index in [1.807, 2.05) is 6.92 Å². The van der Waals surface area contributed by atoms with Gasteiger partial charge in [0, 0.05) is 25.1 Å². The molecule has 1 aliphatic rings. The van der Waals surface area contributed by atoms with E-state index in [4.69, 9.17) is 0 Å². The number of nitrogens with one attached hydrogen (secondary N) is 2. The largest absolute Gasteiger partial charge is 0.396 e. The Morgan fingerprint density at radius 1 is 1.43 bits per heavy atom. The number of nitrogens with zero attached hydrogens (tertiary/aromatic N) is 3. The topological polar surface area (TPSA) is 113 Å². The van der Waals surface area contributed by atoms with Gasteiger partial charge < -0.3 is 15.7 Å². The lowest BCUT2D eigenvalue weighted by Crippen LogP contribution is -2.27. The highest BCUT2D eigenvalue weighted by atomic mass is 16.6. The molecule has 0 aliphatic heterocycles. The van der Waals surface area contributed by atoms with Gasteiger partial charge in [-0.05, 0) is 26.7 Å². The third kappa shape index (κ3) is 3.38. The van der Waals surface area contributed by atoms with E-state index in [2.05, 4.69) is 20.6 Å². The van der Waals surface area contributed by atoms with E-state index in [0.717, 1.165) is 19.3 Å². The van der Waals surface area contributed by atoms with Gasteiger partial charge in [-0.3, -0.25) is 10.1 Å². The lowest BCUT2D eigenvalue weighted by molar-refractivity contribution is -0.385. The fourth-order valence-corrected chi connectivity index (χ4v) is 2.74. The molecule has 0 spiro atoms. The van der Waals surface area contributed by atoms with Crippen molar-refractivity contribution in [1.82, 2.24) is 9.97 Å². The van der Waals surface area contributed by atoms with Crippen LogP contribution in [-0.4, -0.2) is 39.2 Å². The maximum atomic E-state index is 11.3. The van der Waals surface area contributed by atoms with Crippen molar-refractivity contribution in [1.29, 1.82) is 0 Å². The van der Waals surface area contributed by atoms with Gasteiger partial charge in [0.1, 0.15) is 5.69 Å². The number of rotatable bonds is 6. The first-order valence-corrected chi connectivity index (χ1v) is 7.21. The van der Waals surface area contributed by atoms with E-state index in [1.165, 1.54) is 0 Å². The van der Waals surface area contributed by atoms with Crippen LogP contribution >= 0.6 is 0 Å². The number of hydrogen-bond acceptors (Lipinski definition) is 7. The summed E-state index contributed by atoms with van der Waals surface area (Å²) in [6, 6.07) is 0.0116. The van der Waals surface area contributed by atoms with Crippen molar-refractivity contribution < 1.29 is 10.0 Å². The molecule has 1 aromatic rings. The van der Waals surface area contributed by atoms with Crippen molar-refractivity contribution in [2.75, 3.05) is 23.8 Å². The van der Waals surface area contributed by atoms with Gasteiger partial charge in [0.05, 0.1) is 4.92 Å². The molecule has 3 N–H and O–H groups in total. The summed E-state index contributed by atoms with van der Waals surface area (Å²) in [5.41, 5.74) is 0.229. The molecule has 0 bridgehead atoms. The maximum absolute atomic E-state index is 11.3. The summed E-state index contributed by atoms with van der Waals surface area (Å²) in [7, 11) is 0. The van der Waals surface area contributed by atoms with E-state index >= 15 is 0 Å². The molecule has 2 unspecified atom stereocenters. The average molecular weight is 295 g/mol. The van der Waals surface area contributed by atoms with E-state index in [9.17, 15) is 15.2 Å². The second-order valence-corrected chi connectivity index (χ2v) is 5.24. The van der Waals surface area contributed by atoms with Crippen molar-refractivity contribution in [3.8, 4) is 0 Å². The van der Waals surface area contributed by atoms with Crippen molar-refractivity contribution in [3.63, 3.8) is 0 Å². The molecule has 2 atom stereocenters. The van der Waals surface area contributed by atoms with E-state index in [-0.39, 0.29) is 30.1 Å². The lowest BCUT2D eigenvalue weighted by Gasteiger charge is -2.20. The fraction of sp³-hybridized carbons (Fsp3) is 0.692. The van der Waals surface area contributed by atoms with Gasteiger partial charge in [-0.15, -0.1) is 0 Å². The number of aliphatic hydroxyl groups excluding tert-OH is 1. The molecule has 1 saturated carbocycles. The van der Waals surface area contributed by atoms with Gasteiger partial charge >= 0.3 is 5.69 Å². The van der Waals surface area contributed by atoms with Crippen molar-refractivity contribution in [3.05, 3.63) is 15.8 Å². The highest BCUT2D eigenvalue weighted by Crippen LogP contribution is 2.32. The van der Waals surface area contributed by atoms with Gasteiger partial charge in [-0.1, -0.05) is 6.42 Å². The molecule has 0 radical (unpaired) electrons. The Kier molecular flexibility index (Phi) is 4.89. The molecule has 1 fully saturated rings. The SMILES string of the molecule is CCNc1nc(C)c([N+](=O)[O-])c(NC2CCCC2CO)n1. The monoisotopic (exact) mass is 295 g/mol. The molecule has 0 aromatic carbocycles. The Balaban J connectivity index is 2.32. The number of aromatic nitrogens is 2. The summed E-state index contributed by atoms with van der Waals surface area (Å²) < 4.78 is 0. The smallest absolute Gasteiger partial charge is 0.332 e. The number of anilines is 2. The molecule has 8 nitrogen and oxygen atoms in total. The first-order chi connectivity index (χ1) is 10.1. The maximum Gasteiger partial charge on any atom is 0.332 e. The predicted molar refractivity (Wildman–Crippen MR) is 79.4 cm³/mol. The summed E-state index contributed by atoms with van der Waals surface area (Å²) in [5, 5.41) is 26.7. The van der Waals surface area contributed by atoms with E-state index in [1.54, 1.807) is 6.92 Å². The van der Waals surface area contributed by atoms with Crippen LogP contribution in [-0.2, 0) is 0 Å². The minimum atomic E-state index is -0.462. The zero-order valence-electron chi connectivity index (χ0n) is 12.3. The fourth-order valence-electron chi connectivity index (χ4n) is 2.74. The molecule has 8 heteroatoms. The Labute approximate surface area is 123 Å². The zero-order chi connectivity index (χ0) is 15.4. The van der Waals surface area contributed by atoms with Crippen LogP contribution in [0.1, 0.15) is 31.9 Å². The molecule has 1 aliphatic carbocycles. The summed E-state index contributed by atoms with van der Waals surface area (Å²) in [4.78, 5) is 19.1. The average Bonchev–Trinajstić information content (AvgIpc) is 2.85. The number of aliphatic hydroxyl groups is 1. The van der Waals surface area contributed by atoms with Gasteiger partial charge in [-0.25, -0.2) is 4.98 Å². The highest BCUT2D eigenvalue weighted by molar-refractivity contribution is 5.61. The molecular formula is C13H21N5O3. The Hall–Kier alpha value is -1.96. The molecular weight excluding hydrogens is 274 g/mol. The third-order valence-electron chi connectivity index (χ3n) is 3.79. The normalized spacial score (nSPS) is 21.3. The minimum Gasteiger partial charge on any atom is -0.396 e. The van der Waals surface area contributed by atoms with Crippen molar-refractivity contribution in [2.45, 2.75) is 39.2 Å². The zero-order valence-corrected chi connectivity index (χ0v) is 12.3. The second-order valence-electron chi connectivity index (χ2n) is 5.24. The number of hydrogen-bond donors (Lipinski definition) is 3. The summed E-state index contributed by atoms with van der Waals surface area (Å²) in [6.07, 6.45) is 2.80. The predicted octanol–water partition coefficient (Wildman–Crippen LogP) is 1.70. The molecule has 1 heterocycles. The van der Waals surface area contributed by atoms with Crippen LogP contribution in [0.15, 0.2) is 0 Å². The second kappa shape index (κ2) is 6.66. The van der Waals surface area contributed by atoms with E-state index < -0.39 is 4.92 Å². The van der Waals surface area contributed by atoms with Crippen LogP contribution in [0, 0.1) is 23.0 Å². The molecule has 0 saturated heterocycles. The molecule has 0 amide bonds. The molecule has 21 heavy (non-hydrogen) atoms. The van der Waals surface area contributed by atoms with Crippen molar-refractivity contribution in [2.24, 2.45) is 5.92 Å². The standard InChI is InChI=1S/C13H21N5O3/c1-3-14-13-15-8(2)11(18(20)21)12(17-13)16-10-6-4-5-9(10)7-19/h9-10,19H,3-7H2,1-2H3,(H2,14,15,16,17). The van der Waals surface area contributed by atoms with Crippen molar-refractivity contribution >= 4 is 17.5 Å². The third-order valence-corrected chi connectivity index (χ3v) is 3.79. The van der Waals surface area contributed by atoms with Crippen LogP contribution in [0.3, 0.4) is 0 Å². The van der Waals surface area contributed by atoms with Crippen LogP contribution in [0.4, 0.5) is 17.5 Å². The molecule has 2 rings (SSSR count). The molecule has 1 aromatic heterocycles. The first kappa shape index (κ1) is 15.4. The quantitative estimate of drug-likeness (QED) is 0.540. The van der Waals surface area contributed by atoms with Crippen LogP contribution in [0.5, 0.6) is 0 Å². The Bertz CT molecular complexity index is 523.